The summed E-state index contributed by atoms with van der Waals surface area (Å²) in [6.45, 7) is 3.16. The first-order valence-corrected chi connectivity index (χ1v) is 9.26. The monoisotopic (exact) mass is 385 g/mol. The number of nitrogens with zero attached hydrogens (tertiary/aromatic N) is 3. The van der Waals surface area contributed by atoms with E-state index in [0.717, 1.165) is 31.7 Å². The number of hydrogen-bond donors (Lipinski definition) is 2. The Kier molecular flexibility index (Phi) is 6.41. The second-order valence-electron chi connectivity index (χ2n) is 6.68. The Bertz CT molecular complexity index is 865. The van der Waals surface area contributed by atoms with E-state index in [9.17, 15) is 9.18 Å². The number of aromatic nitrogens is 1. The van der Waals surface area contributed by atoms with Gasteiger partial charge in [-0.05, 0) is 56.0 Å². The van der Waals surface area contributed by atoms with Gasteiger partial charge in [-0.25, -0.2) is 9.37 Å². The Morgan fingerprint density at radius 1 is 1.32 bits per heavy atom. The lowest BCUT2D eigenvalue weighted by atomic mass is 10.1. The molecule has 148 valence electrons. The lowest BCUT2D eigenvalue weighted by Gasteiger charge is -2.29. The average molecular weight is 385 g/mol. The first kappa shape index (κ1) is 19.6. The van der Waals surface area contributed by atoms with E-state index in [1.807, 2.05) is 6.07 Å². The molecule has 2 heterocycles. The summed E-state index contributed by atoms with van der Waals surface area (Å²) in [5.41, 5.74) is 7.59. The van der Waals surface area contributed by atoms with Gasteiger partial charge in [-0.1, -0.05) is 11.2 Å². The molecule has 0 spiro atoms. The summed E-state index contributed by atoms with van der Waals surface area (Å²) in [5, 5.41) is 6.41. The first-order chi connectivity index (χ1) is 13.5. The number of amidine groups is 1. The largest absolute Gasteiger partial charge is 0.384 e. The molecule has 3 rings (SSSR count). The van der Waals surface area contributed by atoms with E-state index in [1.54, 1.807) is 31.3 Å². The number of nitrogens with one attached hydrogen (secondary N) is 1. The minimum absolute atomic E-state index is 0.155. The molecule has 8 heteroatoms. The van der Waals surface area contributed by atoms with Crippen LogP contribution in [-0.4, -0.2) is 36.4 Å². The molecule has 1 aliphatic heterocycles. The van der Waals surface area contributed by atoms with Crippen LogP contribution in [0.5, 0.6) is 0 Å². The van der Waals surface area contributed by atoms with Crippen molar-refractivity contribution in [2.75, 3.05) is 29.9 Å². The van der Waals surface area contributed by atoms with Crippen LogP contribution in [0.25, 0.3) is 0 Å². The SMILES string of the molecule is Cc1ccc(NC(=O)CON=C(N)c2cccnc2N2CCCCC2)cc1F. The third-order valence-corrected chi connectivity index (χ3v) is 4.53. The molecular weight excluding hydrogens is 361 g/mol. The Morgan fingerprint density at radius 2 is 2.11 bits per heavy atom. The minimum Gasteiger partial charge on any atom is -0.384 e. The first-order valence-electron chi connectivity index (χ1n) is 9.26. The Hall–Kier alpha value is -3.16. The van der Waals surface area contributed by atoms with E-state index in [0.29, 0.717) is 16.8 Å². The summed E-state index contributed by atoms with van der Waals surface area (Å²) in [4.78, 5) is 23.7. The predicted molar refractivity (Wildman–Crippen MR) is 107 cm³/mol. The van der Waals surface area contributed by atoms with Crippen molar-refractivity contribution in [3.05, 3.63) is 53.5 Å². The topological polar surface area (TPSA) is 92.8 Å². The highest BCUT2D eigenvalue weighted by Gasteiger charge is 2.17. The van der Waals surface area contributed by atoms with Gasteiger partial charge in [0.15, 0.2) is 12.4 Å². The molecule has 0 unspecified atom stereocenters. The summed E-state index contributed by atoms with van der Waals surface area (Å²) in [6, 6.07) is 8.07. The molecule has 1 aliphatic rings. The molecule has 1 saturated heterocycles. The number of hydrogen-bond acceptors (Lipinski definition) is 5. The molecule has 0 aliphatic carbocycles. The predicted octanol–water partition coefficient (Wildman–Crippen LogP) is 2.80. The molecule has 1 amide bonds. The highest BCUT2D eigenvalue weighted by atomic mass is 19.1. The van der Waals surface area contributed by atoms with Crippen molar-refractivity contribution < 1.29 is 14.0 Å². The quantitative estimate of drug-likeness (QED) is 0.453. The van der Waals surface area contributed by atoms with Crippen LogP contribution >= 0.6 is 0 Å². The van der Waals surface area contributed by atoms with Gasteiger partial charge in [0.2, 0.25) is 0 Å². The molecule has 0 atom stereocenters. The number of aryl methyl sites for hydroxylation is 1. The molecule has 3 N–H and O–H groups in total. The van der Waals surface area contributed by atoms with Crippen LogP contribution in [-0.2, 0) is 9.63 Å². The number of amides is 1. The summed E-state index contributed by atoms with van der Waals surface area (Å²) in [5.74, 6) is 0.0829. The van der Waals surface area contributed by atoms with Crippen LogP contribution in [0.15, 0.2) is 41.7 Å². The number of halogens is 1. The van der Waals surface area contributed by atoms with Gasteiger partial charge in [-0.2, -0.15) is 0 Å². The molecule has 1 aromatic heterocycles. The summed E-state index contributed by atoms with van der Waals surface area (Å²) < 4.78 is 13.5. The van der Waals surface area contributed by atoms with E-state index < -0.39 is 5.91 Å². The summed E-state index contributed by atoms with van der Waals surface area (Å²) >= 11 is 0. The van der Waals surface area contributed by atoms with E-state index in [-0.39, 0.29) is 18.3 Å². The van der Waals surface area contributed by atoms with Crippen molar-refractivity contribution in [3.63, 3.8) is 0 Å². The van der Waals surface area contributed by atoms with Crippen molar-refractivity contribution in [1.82, 2.24) is 4.98 Å². The number of pyridine rings is 1. The molecule has 7 nitrogen and oxygen atoms in total. The fourth-order valence-corrected chi connectivity index (χ4v) is 3.03. The number of rotatable bonds is 6. The fourth-order valence-electron chi connectivity index (χ4n) is 3.03. The third kappa shape index (κ3) is 4.97. The van der Waals surface area contributed by atoms with Crippen molar-refractivity contribution in [3.8, 4) is 0 Å². The van der Waals surface area contributed by atoms with Crippen LogP contribution in [0.3, 0.4) is 0 Å². The zero-order chi connectivity index (χ0) is 19.9. The number of anilines is 2. The van der Waals surface area contributed by atoms with Crippen molar-refractivity contribution in [1.29, 1.82) is 0 Å². The van der Waals surface area contributed by atoms with Gasteiger partial charge in [0.1, 0.15) is 11.6 Å². The normalized spacial score (nSPS) is 14.6. The Morgan fingerprint density at radius 3 is 2.86 bits per heavy atom. The molecule has 1 aromatic carbocycles. The summed E-state index contributed by atoms with van der Waals surface area (Å²) in [7, 11) is 0. The molecule has 2 aromatic rings. The van der Waals surface area contributed by atoms with Crippen LogP contribution in [0.1, 0.15) is 30.4 Å². The van der Waals surface area contributed by atoms with Gasteiger partial charge in [0, 0.05) is 25.0 Å². The van der Waals surface area contributed by atoms with Crippen LogP contribution in [0.2, 0.25) is 0 Å². The van der Waals surface area contributed by atoms with Gasteiger partial charge in [-0.3, -0.25) is 4.79 Å². The van der Waals surface area contributed by atoms with E-state index in [1.165, 1.54) is 12.5 Å². The summed E-state index contributed by atoms with van der Waals surface area (Å²) in [6.07, 6.45) is 5.16. The van der Waals surface area contributed by atoms with E-state index in [2.05, 4.69) is 20.4 Å². The minimum atomic E-state index is -0.456. The average Bonchev–Trinajstić information content (AvgIpc) is 2.71. The van der Waals surface area contributed by atoms with Crippen molar-refractivity contribution >= 4 is 23.2 Å². The van der Waals surface area contributed by atoms with Gasteiger partial charge in [0.25, 0.3) is 5.91 Å². The maximum atomic E-state index is 13.5. The number of piperidine rings is 1. The van der Waals surface area contributed by atoms with Gasteiger partial charge >= 0.3 is 0 Å². The maximum Gasteiger partial charge on any atom is 0.265 e. The van der Waals surface area contributed by atoms with Crippen molar-refractivity contribution in [2.45, 2.75) is 26.2 Å². The van der Waals surface area contributed by atoms with E-state index >= 15 is 0 Å². The smallest absolute Gasteiger partial charge is 0.265 e. The van der Waals surface area contributed by atoms with Gasteiger partial charge in [-0.15, -0.1) is 0 Å². The molecule has 0 saturated carbocycles. The third-order valence-electron chi connectivity index (χ3n) is 4.53. The standard InChI is InChI=1S/C20H24FN5O2/c1-14-7-8-15(12-17(14)21)24-18(27)13-28-25-19(22)16-6-5-9-23-20(16)26-10-3-2-4-11-26/h5-9,12H,2-4,10-11,13H2,1H3,(H2,22,25)(H,24,27). The fraction of sp³-hybridized carbons (Fsp3) is 0.350. The lowest BCUT2D eigenvalue weighted by Crippen LogP contribution is -2.32. The van der Waals surface area contributed by atoms with Crippen molar-refractivity contribution in [2.24, 2.45) is 10.9 Å². The zero-order valence-corrected chi connectivity index (χ0v) is 15.8. The molecule has 1 fully saturated rings. The zero-order valence-electron chi connectivity index (χ0n) is 15.8. The van der Waals surface area contributed by atoms with Crippen LogP contribution < -0.4 is 16.0 Å². The highest BCUT2D eigenvalue weighted by Crippen LogP contribution is 2.21. The highest BCUT2D eigenvalue weighted by molar-refractivity contribution is 6.01. The Balaban J connectivity index is 1.60. The van der Waals surface area contributed by atoms with Crippen LogP contribution in [0.4, 0.5) is 15.9 Å². The number of oxime groups is 1. The molecule has 0 bridgehead atoms. The number of carbonyl (C=O) groups is 1. The second-order valence-corrected chi connectivity index (χ2v) is 6.68. The van der Waals surface area contributed by atoms with Crippen LogP contribution in [0, 0.1) is 12.7 Å². The number of carbonyl (C=O) groups excluding carboxylic acids is 1. The van der Waals surface area contributed by atoms with E-state index in [4.69, 9.17) is 10.6 Å². The number of benzene rings is 1. The molecule has 28 heavy (non-hydrogen) atoms. The Labute approximate surface area is 163 Å². The molecular formula is C20H24FN5O2. The lowest BCUT2D eigenvalue weighted by molar-refractivity contribution is -0.120. The van der Waals surface area contributed by atoms with Gasteiger partial charge < -0.3 is 20.8 Å². The van der Waals surface area contributed by atoms with Gasteiger partial charge in [0.05, 0.1) is 5.56 Å². The maximum absolute atomic E-state index is 13.5. The number of nitrogens with two attached hydrogens (primary N) is 1. The second kappa shape index (κ2) is 9.16. The molecule has 0 radical (unpaired) electrons.